The third-order valence-corrected chi connectivity index (χ3v) is 6.71. The van der Waals surface area contributed by atoms with Crippen LogP contribution in [0.5, 0.6) is 5.75 Å². The summed E-state index contributed by atoms with van der Waals surface area (Å²) in [6, 6.07) is 15.5. The highest BCUT2D eigenvalue weighted by Crippen LogP contribution is 2.41. The Labute approximate surface area is 184 Å². The van der Waals surface area contributed by atoms with E-state index >= 15 is 0 Å². The van der Waals surface area contributed by atoms with Crippen LogP contribution in [0.1, 0.15) is 35.2 Å². The largest absolute Gasteiger partial charge is 0.489 e. The van der Waals surface area contributed by atoms with Gasteiger partial charge in [-0.2, -0.15) is 0 Å². The van der Waals surface area contributed by atoms with Gasteiger partial charge in [-0.1, -0.05) is 42.5 Å². The van der Waals surface area contributed by atoms with Crippen LogP contribution < -0.4 is 4.74 Å². The van der Waals surface area contributed by atoms with Crippen LogP contribution in [-0.4, -0.2) is 48.5 Å². The van der Waals surface area contributed by atoms with Gasteiger partial charge in [0, 0.05) is 35.8 Å². The summed E-state index contributed by atoms with van der Waals surface area (Å²) in [4.78, 5) is 17.4. The van der Waals surface area contributed by atoms with Crippen molar-refractivity contribution in [1.29, 1.82) is 0 Å². The molecule has 158 valence electrons. The number of likely N-dealkylation sites (tertiary alicyclic amines) is 2. The lowest BCUT2D eigenvalue weighted by Crippen LogP contribution is -2.42. The molecule has 2 fully saturated rings. The molecule has 0 aromatic heterocycles. The van der Waals surface area contributed by atoms with E-state index in [1.54, 1.807) is 18.2 Å². The van der Waals surface area contributed by atoms with Crippen LogP contribution in [-0.2, 0) is 6.54 Å². The van der Waals surface area contributed by atoms with E-state index in [0.29, 0.717) is 11.6 Å². The molecule has 2 saturated heterocycles. The number of hydrogen-bond acceptors (Lipinski definition) is 3. The number of para-hydroxylation sites is 1. The molecule has 30 heavy (non-hydrogen) atoms. The molecule has 2 heterocycles. The van der Waals surface area contributed by atoms with Gasteiger partial charge < -0.3 is 9.64 Å². The van der Waals surface area contributed by atoms with Crippen molar-refractivity contribution in [3.8, 4) is 5.75 Å². The summed E-state index contributed by atoms with van der Waals surface area (Å²) in [5, 5.41) is 0.660. The number of ether oxygens (including phenoxy) is 1. The van der Waals surface area contributed by atoms with Crippen molar-refractivity contribution in [3.05, 3.63) is 77.3 Å². The van der Waals surface area contributed by atoms with Gasteiger partial charge in [-0.3, -0.25) is 9.69 Å². The first-order valence-corrected chi connectivity index (χ1v) is 11.1. The molecule has 1 spiro atoms. The van der Waals surface area contributed by atoms with Crippen molar-refractivity contribution in [2.24, 2.45) is 5.41 Å². The average molecular weight is 425 g/mol. The predicted molar refractivity (Wildman–Crippen MR) is 121 cm³/mol. The quantitative estimate of drug-likeness (QED) is 0.609. The fourth-order valence-corrected chi connectivity index (χ4v) is 4.77. The molecule has 0 atom stereocenters. The first-order valence-electron chi connectivity index (χ1n) is 10.7. The highest BCUT2D eigenvalue weighted by atomic mass is 35.5. The number of carbonyl (C=O) groups excluding carboxylic acids is 1. The summed E-state index contributed by atoms with van der Waals surface area (Å²) >= 11 is 5.96. The lowest BCUT2D eigenvalue weighted by atomic mass is 9.77. The van der Waals surface area contributed by atoms with Crippen molar-refractivity contribution in [1.82, 2.24) is 9.80 Å². The van der Waals surface area contributed by atoms with Crippen LogP contribution in [0.3, 0.4) is 0 Å². The molecule has 0 aliphatic carbocycles. The molecule has 0 bridgehead atoms. The van der Waals surface area contributed by atoms with Crippen molar-refractivity contribution in [2.45, 2.75) is 25.8 Å². The SMILES string of the molecule is C=CCOc1ccccc1CN1CCC2(CC1)CCN(C(=O)c1ccc(Cl)cc1)C2. The second-order valence-corrected chi connectivity index (χ2v) is 8.90. The summed E-state index contributed by atoms with van der Waals surface area (Å²) in [6.45, 7) is 8.98. The predicted octanol–water partition coefficient (Wildman–Crippen LogP) is 5.03. The molecule has 5 heteroatoms. The lowest BCUT2D eigenvalue weighted by molar-refractivity contribution is 0.0713. The maximum Gasteiger partial charge on any atom is 0.253 e. The molecule has 0 saturated carbocycles. The first-order chi connectivity index (χ1) is 14.6. The molecule has 2 aliphatic rings. The standard InChI is InChI=1S/C25H29ClN2O2/c1-2-17-30-23-6-4-3-5-21(23)18-27-14-11-25(12-15-27)13-16-28(19-25)24(29)20-7-9-22(26)10-8-20/h2-10H,1,11-19H2. The number of benzene rings is 2. The van der Waals surface area contributed by atoms with E-state index in [-0.39, 0.29) is 11.3 Å². The van der Waals surface area contributed by atoms with Gasteiger partial charge in [0.2, 0.25) is 0 Å². The minimum atomic E-state index is 0.124. The lowest BCUT2D eigenvalue weighted by Gasteiger charge is -2.39. The van der Waals surface area contributed by atoms with Crippen LogP contribution in [0, 0.1) is 5.41 Å². The Morgan fingerprint density at radius 3 is 2.50 bits per heavy atom. The smallest absolute Gasteiger partial charge is 0.253 e. The number of nitrogens with zero attached hydrogens (tertiary/aromatic N) is 2. The molecular weight excluding hydrogens is 396 g/mol. The number of halogens is 1. The average Bonchev–Trinajstić information content (AvgIpc) is 3.18. The normalized spacial score (nSPS) is 18.5. The van der Waals surface area contributed by atoms with Gasteiger partial charge in [-0.15, -0.1) is 0 Å². The van der Waals surface area contributed by atoms with Crippen LogP contribution in [0.25, 0.3) is 0 Å². The van der Waals surface area contributed by atoms with Crippen LogP contribution in [0.15, 0.2) is 61.2 Å². The van der Waals surface area contributed by atoms with E-state index in [2.05, 4.69) is 23.6 Å². The van der Waals surface area contributed by atoms with Gasteiger partial charge in [-0.05, 0) is 68.1 Å². The summed E-state index contributed by atoms with van der Waals surface area (Å²) in [5.41, 5.74) is 2.21. The first kappa shape index (κ1) is 21.0. The summed E-state index contributed by atoms with van der Waals surface area (Å²) in [6.07, 6.45) is 5.14. The fourth-order valence-electron chi connectivity index (χ4n) is 4.64. The Kier molecular flexibility index (Phi) is 6.45. The molecule has 0 unspecified atom stereocenters. The second kappa shape index (κ2) is 9.23. The molecule has 2 aromatic carbocycles. The Balaban J connectivity index is 1.33. The minimum absolute atomic E-state index is 0.124. The van der Waals surface area contributed by atoms with Gasteiger partial charge >= 0.3 is 0 Å². The summed E-state index contributed by atoms with van der Waals surface area (Å²) < 4.78 is 5.81. The van der Waals surface area contributed by atoms with E-state index in [1.807, 2.05) is 29.2 Å². The van der Waals surface area contributed by atoms with E-state index in [9.17, 15) is 4.79 Å². The second-order valence-electron chi connectivity index (χ2n) is 8.47. The zero-order valence-electron chi connectivity index (χ0n) is 17.4. The third-order valence-electron chi connectivity index (χ3n) is 6.46. The number of rotatable bonds is 6. The van der Waals surface area contributed by atoms with E-state index < -0.39 is 0 Å². The summed E-state index contributed by atoms with van der Waals surface area (Å²) in [7, 11) is 0. The van der Waals surface area contributed by atoms with Gasteiger partial charge in [0.25, 0.3) is 5.91 Å². The molecule has 4 rings (SSSR count). The van der Waals surface area contributed by atoms with E-state index in [1.165, 1.54) is 5.56 Å². The zero-order valence-corrected chi connectivity index (χ0v) is 18.1. The van der Waals surface area contributed by atoms with Crippen molar-refractivity contribution in [3.63, 3.8) is 0 Å². The minimum Gasteiger partial charge on any atom is -0.489 e. The van der Waals surface area contributed by atoms with Gasteiger partial charge in [0.05, 0.1) is 0 Å². The van der Waals surface area contributed by atoms with Crippen LogP contribution in [0.4, 0.5) is 0 Å². The molecule has 1 amide bonds. The number of carbonyl (C=O) groups is 1. The van der Waals surface area contributed by atoms with E-state index in [0.717, 1.165) is 63.3 Å². The Morgan fingerprint density at radius 1 is 1.07 bits per heavy atom. The fraction of sp³-hybridized carbons (Fsp3) is 0.400. The maximum atomic E-state index is 12.9. The molecular formula is C25H29ClN2O2. The van der Waals surface area contributed by atoms with Crippen LogP contribution in [0.2, 0.25) is 5.02 Å². The molecule has 2 aliphatic heterocycles. The van der Waals surface area contributed by atoms with Gasteiger partial charge in [0.1, 0.15) is 12.4 Å². The Morgan fingerprint density at radius 2 is 1.77 bits per heavy atom. The monoisotopic (exact) mass is 424 g/mol. The molecule has 0 radical (unpaired) electrons. The van der Waals surface area contributed by atoms with Crippen molar-refractivity contribution < 1.29 is 9.53 Å². The third kappa shape index (κ3) is 4.71. The topological polar surface area (TPSA) is 32.8 Å². The van der Waals surface area contributed by atoms with Gasteiger partial charge in [0.15, 0.2) is 0 Å². The number of amides is 1. The Bertz CT molecular complexity index is 888. The highest BCUT2D eigenvalue weighted by molar-refractivity contribution is 6.30. The Hall–Kier alpha value is -2.30. The molecule has 0 N–H and O–H groups in total. The highest BCUT2D eigenvalue weighted by Gasteiger charge is 2.42. The van der Waals surface area contributed by atoms with Crippen molar-refractivity contribution in [2.75, 3.05) is 32.8 Å². The number of hydrogen-bond donors (Lipinski definition) is 0. The van der Waals surface area contributed by atoms with E-state index in [4.69, 9.17) is 16.3 Å². The molecule has 4 nitrogen and oxygen atoms in total. The number of piperidine rings is 1. The van der Waals surface area contributed by atoms with Gasteiger partial charge in [-0.25, -0.2) is 0 Å². The van der Waals surface area contributed by atoms with Crippen LogP contribution >= 0.6 is 11.6 Å². The summed E-state index contributed by atoms with van der Waals surface area (Å²) in [5.74, 6) is 1.07. The van der Waals surface area contributed by atoms with Crippen molar-refractivity contribution >= 4 is 17.5 Å². The molecule has 2 aromatic rings. The maximum absolute atomic E-state index is 12.9. The zero-order chi connectivity index (χ0) is 21.0.